The number of hydrogen-bond donors (Lipinski definition) is 1. The number of nitrogens with zero attached hydrogens (tertiary/aromatic N) is 4. The van der Waals surface area contributed by atoms with Crippen LogP contribution in [0.1, 0.15) is 51.7 Å². The molecule has 0 saturated carbocycles. The zero-order chi connectivity index (χ0) is 15.7. The highest BCUT2D eigenvalue weighted by Crippen LogP contribution is 2.31. The quantitative estimate of drug-likeness (QED) is 0.925. The van der Waals surface area contributed by atoms with Crippen LogP contribution in [0.2, 0.25) is 0 Å². The van der Waals surface area contributed by atoms with Gasteiger partial charge >= 0.3 is 6.03 Å². The van der Waals surface area contributed by atoms with E-state index in [4.69, 9.17) is 0 Å². The smallest absolute Gasteiger partial charge is 0.317 e. The molecular formula is C16H27N5O. The topological polar surface area (TPSA) is 63.1 Å². The molecule has 2 aliphatic heterocycles. The maximum absolute atomic E-state index is 12.6. The van der Waals surface area contributed by atoms with Gasteiger partial charge in [0.15, 0.2) is 0 Å². The van der Waals surface area contributed by atoms with E-state index in [1.165, 1.54) is 0 Å². The number of rotatable bonds is 4. The van der Waals surface area contributed by atoms with Gasteiger partial charge in [-0.2, -0.15) is 0 Å². The van der Waals surface area contributed by atoms with Crippen LogP contribution in [-0.4, -0.2) is 44.3 Å². The summed E-state index contributed by atoms with van der Waals surface area (Å²) in [4.78, 5) is 14.7. The zero-order valence-corrected chi connectivity index (χ0v) is 13.9. The summed E-state index contributed by atoms with van der Waals surface area (Å²) >= 11 is 0. The summed E-state index contributed by atoms with van der Waals surface area (Å²) in [7, 11) is 0. The number of nitrogens with one attached hydrogen (secondary N) is 1. The molecule has 1 aromatic heterocycles. The number of aromatic nitrogens is 3. The highest BCUT2D eigenvalue weighted by Gasteiger charge is 2.40. The fraction of sp³-hybridized carbons (Fsp3) is 0.812. The van der Waals surface area contributed by atoms with Crippen LogP contribution in [-0.2, 0) is 19.4 Å². The summed E-state index contributed by atoms with van der Waals surface area (Å²) in [6, 6.07) is 0.663. The third-order valence-corrected chi connectivity index (χ3v) is 4.88. The molecule has 0 radical (unpaired) electrons. The van der Waals surface area contributed by atoms with Gasteiger partial charge in [0.25, 0.3) is 0 Å². The maximum atomic E-state index is 12.6. The molecule has 6 nitrogen and oxygen atoms in total. The van der Waals surface area contributed by atoms with E-state index in [9.17, 15) is 4.79 Å². The van der Waals surface area contributed by atoms with Crippen LogP contribution in [0.5, 0.6) is 0 Å². The second-order valence-corrected chi connectivity index (χ2v) is 6.91. The van der Waals surface area contributed by atoms with Gasteiger partial charge in [0.05, 0.1) is 6.04 Å². The van der Waals surface area contributed by atoms with Gasteiger partial charge in [0.2, 0.25) is 0 Å². The third kappa shape index (κ3) is 2.83. The van der Waals surface area contributed by atoms with Crippen molar-refractivity contribution in [2.45, 2.75) is 71.5 Å². The Labute approximate surface area is 132 Å². The molecule has 0 unspecified atom stereocenters. The van der Waals surface area contributed by atoms with Gasteiger partial charge in [0.1, 0.15) is 11.6 Å². The van der Waals surface area contributed by atoms with Crippen molar-refractivity contribution < 1.29 is 4.79 Å². The standard InChI is InChI=1S/C16H27N5O/c1-4-14-18-19-15-9-12-5-6-13(10-20(14)15)21(12)16(22)17-8-7-11(2)3/h11-13H,4-10H2,1-3H3,(H,17,22)/t12-,13+/m0/s1. The highest BCUT2D eigenvalue weighted by molar-refractivity contribution is 5.75. The number of fused-ring (bicyclic) bond motifs is 3. The van der Waals surface area contributed by atoms with E-state index >= 15 is 0 Å². The van der Waals surface area contributed by atoms with E-state index in [0.717, 1.165) is 56.8 Å². The van der Waals surface area contributed by atoms with Crippen molar-refractivity contribution in [1.29, 1.82) is 0 Å². The van der Waals surface area contributed by atoms with E-state index < -0.39 is 0 Å². The number of amides is 2. The summed E-state index contributed by atoms with van der Waals surface area (Å²) in [5, 5.41) is 11.7. The van der Waals surface area contributed by atoms with Gasteiger partial charge in [-0.15, -0.1) is 10.2 Å². The van der Waals surface area contributed by atoms with Crippen molar-refractivity contribution in [2.24, 2.45) is 5.92 Å². The lowest BCUT2D eigenvalue weighted by Crippen LogP contribution is -2.48. The van der Waals surface area contributed by atoms with Crippen molar-refractivity contribution >= 4 is 6.03 Å². The van der Waals surface area contributed by atoms with Crippen molar-refractivity contribution in [2.75, 3.05) is 6.54 Å². The number of aryl methyl sites for hydroxylation is 1. The lowest BCUT2D eigenvalue weighted by Gasteiger charge is -2.28. The van der Waals surface area contributed by atoms with Gasteiger partial charge in [0, 0.05) is 32.0 Å². The Morgan fingerprint density at radius 3 is 2.82 bits per heavy atom. The minimum absolute atomic E-state index is 0.102. The summed E-state index contributed by atoms with van der Waals surface area (Å²) in [6.07, 6.45) is 4.92. The van der Waals surface area contributed by atoms with Crippen molar-refractivity contribution in [3.05, 3.63) is 11.6 Å². The van der Waals surface area contributed by atoms with Gasteiger partial charge in [-0.25, -0.2) is 4.79 Å². The molecule has 6 heteroatoms. The van der Waals surface area contributed by atoms with E-state index in [-0.39, 0.29) is 18.1 Å². The van der Waals surface area contributed by atoms with Crippen molar-refractivity contribution in [1.82, 2.24) is 25.0 Å². The fourth-order valence-electron chi connectivity index (χ4n) is 3.65. The molecule has 2 bridgehead atoms. The summed E-state index contributed by atoms with van der Waals surface area (Å²) < 4.78 is 2.23. The molecule has 0 spiro atoms. The van der Waals surface area contributed by atoms with Crippen LogP contribution < -0.4 is 5.32 Å². The van der Waals surface area contributed by atoms with E-state index in [1.54, 1.807) is 0 Å². The van der Waals surface area contributed by atoms with Crippen molar-refractivity contribution in [3.63, 3.8) is 0 Å². The summed E-state index contributed by atoms with van der Waals surface area (Å²) in [6.45, 7) is 8.08. The number of carbonyl (C=O) groups is 1. The van der Waals surface area contributed by atoms with Gasteiger partial charge < -0.3 is 14.8 Å². The molecule has 2 aliphatic rings. The average Bonchev–Trinajstić information content (AvgIpc) is 2.98. The Kier molecular flexibility index (Phi) is 4.36. The van der Waals surface area contributed by atoms with Crippen LogP contribution >= 0.6 is 0 Å². The van der Waals surface area contributed by atoms with Crippen LogP contribution in [0.4, 0.5) is 4.79 Å². The zero-order valence-electron chi connectivity index (χ0n) is 13.9. The summed E-state index contributed by atoms with van der Waals surface area (Å²) in [5.74, 6) is 2.70. The minimum Gasteiger partial charge on any atom is -0.338 e. The first-order valence-corrected chi connectivity index (χ1v) is 8.57. The molecule has 1 aromatic rings. The Morgan fingerprint density at radius 1 is 1.32 bits per heavy atom. The predicted octanol–water partition coefficient (Wildman–Crippen LogP) is 1.99. The number of hydrogen-bond acceptors (Lipinski definition) is 3. The molecule has 22 heavy (non-hydrogen) atoms. The lowest BCUT2D eigenvalue weighted by atomic mass is 10.1. The minimum atomic E-state index is 0.102. The average molecular weight is 305 g/mol. The molecule has 2 amide bonds. The SMILES string of the molecule is CCc1nnc2n1C[C@H]1CC[C@@H](C2)N1C(=O)NCCC(C)C. The first-order valence-electron chi connectivity index (χ1n) is 8.57. The maximum Gasteiger partial charge on any atom is 0.317 e. The van der Waals surface area contributed by atoms with Crippen LogP contribution in [0.15, 0.2) is 0 Å². The Morgan fingerprint density at radius 2 is 2.09 bits per heavy atom. The molecule has 2 atom stereocenters. The van der Waals surface area contributed by atoms with Crippen LogP contribution in [0.25, 0.3) is 0 Å². The largest absolute Gasteiger partial charge is 0.338 e. The molecule has 1 N–H and O–H groups in total. The number of urea groups is 1. The van der Waals surface area contributed by atoms with E-state index in [1.807, 2.05) is 0 Å². The van der Waals surface area contributed by atoms with Crippen LogP contribution in [0, 0.1) is 5.92 Å². The third-order valence-electron chi connectivity index (χ3n) is 4.88. The van der Waals surface area contributed by atoms with Gasteiger partial charge in [-0.05, 0) is 25.2 Å². The molecule has 3 heterocycles. The molecule has 122 valence electrons. The second kappa shape index (κ2) is 6.26. The number of carbonyl (C=O) groups excluding carboxylic acids is 1. The first-order chi connectivity index (χ1) is 10.6. The molecule has 0 aliphatic carbocycles. The first kappa shape index (κ1) is 15.3. The highest BCUT2D eigenvalue weighted by atomic mass is 16.2. The molecule has 3 rings (SSSR count). The monoisotopic (exact) mass is 305 g/mol. The lowest BCUT2D eigenvalue weighted by molar-refractivity contribution is 0.170. The fourth-order valence-corrected chi connectivity index (χ4v) is 3.65. The van der Waals surface area contributed by atoms with E-state index in [0.29, 0.717) is 5.92 Å². The molecular weight excluding hydrogens is 278 g/mol. The van der Waals surface area contributed by atoms with Crippen molar-refractivity contribution in [3.8, 4) is 0 Å². The Hall–Kier alpha value is -1.59. The second-order valence-electron chi connectivity index (χ2n) is 6.91. The Bertz CT molecular complexity index is 539. The Balaban J connectivity index is 1.70. The normalized spacial score (nSPS) is 23.5. The van der Waals surface area contributed by atoms with Gasteiger partial charge in [-0.1, -0.05) is 20.8 Å². The van der Waals surface area contributed by atoms with Gasteiger partial charge in [-0.3, -0.25) is 0 Å². The molecule has 1 saturated heterocycles. The predicted molar refractivity (Wildman–Crippen MR) is 84.6 cm³/mol. The molecule has 1 fully saturated rings. The van der Waals surface area contributed by atoms with E-state index in [2.05, 4.69) is 45.8 Å². The summed E-state index contributed by atoms with van der Waals surface area (Å²) in [5.41, 5.74) is 0. The van der Waals surface area contributed by atoms with Crippen LogP contribution in [0.3, 0.4) is 0 Å². The molecule has 0 aromatic carbocycles.